The lowest BCUT2D eigenvalue weighted by molar-refractivity contribution is -0.140. The molecule has 2 amide bonds. The van der Waals surface area contributed by atoms with Gasteiger partial charge in [0.1, 0.15) is 5.82 Å². The van der Waals surface area contributed by atoms with Crippen molar-refractivity contribution in [1.29, 1.82) is 0 Å². The fraction of sp³-hybridized carbons (Fsp3) is 0.579. The molecular formula is C19H23FN2O2. The normalized spacial score (nSPS) is 32.5. The summed E-state index contributed by atoms with van der Waals surface area (Å²) in [5.41, 5.74) is 1.18. The van der Waals surface area contributed by atoms with Gasteiger partial charge in [-0.3, -0.25) is 9.59 Å². The van der Waals surface area contributed by atoms with Gasteiger partial charge in [-0.15, -0.1) is 0 Å². The van der Waals surface area contributed by atoms with E-state index in [0.717, 1.165) is 25.7 Å². The first-order chi connectivity index (χ1) is 11.5. The number of fused-ring (bicyclic) bond motifs is 2. The van der Waals surface area contributed by atoms with Crippen LogP contribution in [0.3, 0.4) is 0 Å². The van der Waals surface area contributed by atoms with Gasteiger partial charge in [-0.25, -0.2) is 4.39 Å². The van der Waals surface area contributed by atoms with E-state index in [2.05, 4.69) is 4.90 Å². The molecule has 3 heterocycles. The van der Waals surface area contributed by atoms with Gasteiger partial charge >= 0.3 is 0 Å². The fourth-order valence-corrected chi connectivity index (χ4v) is 4.78. The quantitative estimate of drug-likeness (QED) is 0.836. The molecule has 3 saturated heterocycles. The molecule has 4 atom stereocenters. The number of amides is 2. The second-order valence-electron chi connectivity index (χ2n) is 7.53. The molecule has 0 spiro atoms. The minimum Gasteiger partial charge on any atom is -0.345 e. The van der Waals surface area contributed by atoms with Gasteiger partial charge in [0.15, 0.2) is 0 Å². The molecule has 0 N–H and O–H groups in total. The third-order valence-electron chi connectivity index (χ3n) is 6.02. The largest absolute Gasteiger partial charge is 0.345 e. The lowest BCUT2D eigenvalue weighted by atomic mass is 9.84. The molecule has 24 heavy (non-hydrogen) atoms. The van der Waals surface area contributed by atoms with Crippen molar-refractivity contribution in [1.82, 2.24) is 9.80 Å². The molecule has 2 bridgehead atoms. The Bertz CT molecular complexity index is 646. The van der Waals surface area contributed by atoms with Crippen LogP contribution in [0.2, 0.25) is 0 Å². The van der Waals surface area contributed by atoms with Gasteiger partial charge in [0.05, 0.1) is 5.92 Å². The van der Waals surface area contributed by atoms with Gasteiger partial charge < -0.3 is 9.80 Å². The number of rotatable bonds is 2. The summed E-state index contributed by atoms with van der Waals surface area (Å²) in [5, 5.41) is 0. The monoisotopic (exact) mass is 330 g/mol. The van der Waals surface area contributed by atoms with Crippen molar-refractivity contribution >= 4 is 11.8 Å². The van der Waals surface area contributed by atoms with Crippen molar-refractivity contribution in [2.24, 2.45) is 5.92 Å². The van der Waals surface area contributed by atoms with Crippen LogP contribution in [0.4, 0.5) is 4.39 Å². The molecule has 1 aromatic carbocycles. The summed E-state index contributed by atoms with van der Waals surface area (Å²) < 4.78 is 13.1. The van der Waals surface area contributed by atoms with Crippen LogP contribution in [0.25, 0.3) is 0 Å². The third kappa shape index (κ3) is 2.60. The van der Waals surface area contributed by atoms with E-state index in [9.17, 15) is 14.0 Å². The van der Waals surface area contributed by atoms with Crippen molar-refractivity contribution in [3.05, 3.63) is 35.6 Å². The summed E-state index contributed by atoms with van der Waals surface area (Å²) in [5.74, 6) is 0.261. The molecule has 1 aromatic rings. The molecular weight excluding hydrogens is 307 g/mol. The topological polar surface area (TPSA) is 40.6 Å². The maximum Gasteiger partial charge on any atom is 0.228 e. The van der Waals surface area contributed by atoms with E-state index in [-0.39, 0.29) is 35.6 Å². The highest BCUT2D eigenvalue weighted by atomic mass is 19.1. The highest BCUT2D eigenvalue weighted by Gasteiger charge is 2.46. The van der Waals surface area contributed by atoms with E-state index in [1.807, 2.05) is 12.1 Å². The molecule has 0 aliphatic carbocycles. The maximum absolute atomic E-state index is 13.1. The maximum atomic E-state index is 13.1. The number of hydrogen-bond donors (Lipinski definition) is 0. The van der Waals surface area contributed by atoms with Gasteiger partial charge in [-0.1, -0.05) is 12.1 Å². The van der Waals surface area contributed by atoms with Gasteiger partial charge in [0.25, 0.3) is 0 Å². The third-order valence-corrected chi connectivity index (χ3v) is 6.02. The van der Waals surface area contributed by atoms with Crippen LogP contribution < -0.4 is 0 Å². The molecule has 5 heteroatoms. The van der Waals surface area contributed by atoms with E-state index in [4.69, 9.17) is 0 Å². The number of piperidine rings is 1. The van der Waals surface area contributed by atoms with Crippen LogP contribution in [0.5, 0.6) is 0 Å². The average Bonchev–Trinajstić information content (AvgIpc) is 3.04. The summed E-state index contributed by atoms with van der Waals surface area (Å²) in [6.45, 7) is 0.551. The van der Waals surface area contributed by atoms with E-state index in [1.54, 1.807) is 11.9 Å². The summed E-state index contributed by atoms with van der Waals surface area (Å²) >= 11 is 0. The summed E-state index contributed by atoms with van der Waals surface area (Å²) in [6.07, 6.45) is 4.34. The molecule has 3 fully saturated rings. The van der Waals surface area contributed by atoms with Gasteiger partial charge in [0.2, 0.25) is 11.8 Å². The summed E-state index contributed by atoms with van der Waals surface area (Å²) in [6, 6.07) is 7.34. The van der Waals surface area contributed by atoms with E-state index < -0.39 is 0 Å². The highest BCUT2D eigenvalue weighted by molar-refractivity contribution is 5.89. The lowest BCUT2D eigenvalue weighted by Gasteiger charge is -2.40. The molecule has 3 aliphatic heterocycles. The summed E-state index contributed by atoms with van der Waals surface area (Å²) in [4.78, 5) is 28.4. The van der Waals surface area contributed by atoms with Crippen molar-refractivity contribution in [3.63, 3.8) is 0 Å². The van der Waals surface area contributed by atoms with Crippen LogP contribution in [0.1, 0.15) is 43.6 Å². The van der Waals surface area contributed by atoms with Crippen LogP contribution in [0.15, 0.2) is 24.3 Å². The second kappa shape index (κ2) is 5.87. The van der Waals surface area contributed by atoms with Crippen molar-refractivity contribution in [2.75, 3.05) is 13.6 Å². The lowest BCUT2D eigenvalue weighted by Crippen LogP contribution is -2.48. The number of nitrogens with zero attached hydrogens (tertiary/aromatic N) is 2. The first kappa shape index (κ1) is 15.6. The smallest absolute Gasteiger partial charge is 0.228 e. The van der Waals surface area contributed by atoms with Crippen LogP contribution in [0, 0.1) is 11.7 Å². The Kier molecular flexibility index (Phi) is 3.82. The molecule has 128 valence electrons. The van der Waals surface area contributed by atoms with Gasteiger partial charge in [0, 0.05) is 32.1 Å². The molecule has 4 rings (SSSR count). The van der Waals surface area contributed by atoms with Gasteiger partial charge in [-0.05, 0) is 49.3 Å². The minimum absolute atomic E-state index is 0.0712. The van der Waals surface area contributed by atoms with Crippen molar-refractivity contribution in [2.45, 2.75) is 50.1 Å². The van der Waals surface area contributed by atoms with E-state index in [1.165, 1.54) is 17.7 Å². The predicted molar refractivity (Wildman–Crippen MR) is 87.8 cm³/mol. The van der Waals surface area contributed by atoms with Gasteiger partial charge in [-0.2, -0.15) is 0 Å². The Labute approximate surface area is 141 Å². The minimum atomic E-state index is -0.204. The zero-order valence-corrected chi connectivity index (χ0v) is 14.0. The average molecular weight is 330 g/mol. The standard InChI is InChI=1S/C19H23FN2O2/c1-21-11-14(10-18(21)23)19(24)22-16-6-7-17(22)9-13(8-16)12-2-4-15(20)5-3-12/h2-5,13-14,16-17H,6-11H2,1H3/t13?,14-,16-,17+/m0/s1. The molecule has 0 saturated carbocycles. The first-order valence-electron chi connectivity index (χ1n) is 8.84. The Hall–Kier alpha value is -1.91. The predicted octanol–water partition coefficient (Wildman–Crippen LogP) is 2.54. The molecule has 0 radical (unpaired) electrons. The van der Waals surface area contributed by atoms with Crippen LogP contribution in [-0.2, 0) is 9.59 Å². The first-order valence-corrected chi connectivity index (χ1v) is 8.84. The zero-order chi connectivity index (χ0) is 16.8. The van der Waals surface area contributed by atoms with Crippen molar-refractivity contribution < 1.29 is 14.0 Å². The molecule has 0 aromatic heterocycles. The van der Waals surface area contributed by atoms with Crippen LogP contribution in [-0.4, -0.2) is 47.3 Å². The molecule has 3 aliphatic rings. The second-order valence-corrected chi connectivity index (χ2v) is 7.53. The Morgan fingerprint density at radius 2 is 1.75 bits per heavy atom. The Morgan fingerprint density at radius 1 is 1.12 bits per heavy atom. The van der Waals surface area contributed by atoms with E-state index >= 15 is 0 Å². The summed E-state index contributed by atoms with van der Waals surface area (Å²) in [7, 11) is 1.77. The number of halogens is 1. The zero-order valence-electron chi connectivity index (χ0n) is 14.0. The van der Waals surface area contributed by atoms with Crippen molar-refractivity contribution in [3.8, 4) is 0 Å². The Balaban J connectivity index is 1.48. The van der Waals surface area contributed by atoms with Crippen LogP contribution >= 0.6 is 0 Å². The van der Waals surface area contributed by atoms with E-state index in [0.29, 0.717) is 18.9 Å². The molecule has 1 unspecified atom stereocenters. The molecule has 4 nitrogen and oxygen atoms in total. The highest BCUT2D eigenvalue weighted by Crippen LogP contribution is 2.44. The number of likely N-dealkylation sites (tertiary alicyclic amines) is 1. The number of hydrogen-bond acceptors (Lipinski definition) is 2. The Morgan fingerprint density at radius 3 is 2.29 bits per heavy atom. The fourth-order valence-electron chi connectivity index (χ4n) is 4.78. The number of carbonyl (C=O) groups excluding carboxylic acids is 2. The number of carbonyl (C=O) groups is 2. The number of benzene rings is 1. The SMILES string of the molecule is CN1C[C@@H](C(=O)N2[C@@H]3CC[C@H]2CC(c2ccc(F)cc2)C3)CC1=O.